The van der Waals surface area contributed by atoms with Crippen molar-refractivity contribution in [3.05, 3.63) is 0 Å². The molecule has 0 amide bonds. The van der Waals surface area contributed by atoms with E-state index in [0.717, 1.165) is 11.4 Å². The Hall–Kier alpha value is 0.470. The van der Waals surface area contributed by atoms with Crippen molar-refractivity contribution in [2.75, 3.05) is 13.2 Å². The molecule has 7 nitrogen and oxygen atoms in total. The molecule has 2 aliphatic rings. The van der Waals surface area contributed by atoms with Crippen LogP contribution in [-0.4, -0.2) is 76.7 Å². The van der Waals surface area contributed by atoms with Gasteiger partial charge < -0.3 is 28.4 Å². The molecule has 0 saturated carbocycles. The zero-order valence-electron chi connectivity index (χ0n) is 16.3. The first-order chi connectivity index (χ1) is 12.6. The lowest BCUT2D eigenvalue weighted by Gasteiger charge is -2.29. The van der Waals surface area contributed by atoms with Gasteiger partial charge in [-0.05, 0) is 40.5 Å². The summed E-state index contributed by atoms with van der Waals surface area (Å²) in [5.41, 5.74) is 0. The van der Waals surface area contributed by atoms with Gasteiger partial charge in [-0.3, -0.25) is 4.57 Å². The summed E-state index contributed by atoms with van der Waals surface area (Å²) < 4.78 is 40.1. The highest BCUT2D eigenvalue weighted by Gasteiger charge is 2.38. The number of rotatable bonds is 10. The van der Waals surface area contributed by atoms with Crippen LogP contribution in [0.2, 0.25) is 0 Å². The van der Waals surface area contributed by atoms with Crippen molar-refractivity contribution in [1.29, 1.82) is 0 Å². The molecule has 0 spiro atoms. The molecule has 0 aliphatic carbocycles. The second-order valence-corrected chi connectivity index (χ2v) is 11.3. The van der Waals surface area contributed by atoms with Crippen molar-refractivity contribution in [3.63, 3.8) is 0 Å². The van der Waals surface area contributed by atoms with Gasteiger partial charge in [0.15, 0.2) is 6.80 Å². The first-order valence-electron chi connectivity index (χ1n) is 9.29. The van der Waals surface area contributed by atoms with E-state index in [1.165, 1.54) is 0 Å². The summed E-state index contributed by atoms with van der Waals surface area (Å²) in [7, 11) is 11.6. The predicted molar refractivity (Wildman–Crippen MR) is 104 cm³/mol. The summed E-state index contributed by atoms with van der Waals surface area (Å²) in [5, 5.41) is -0.350. The third kappa shape index (κ3) is 8.01. The van der Waals surface area contributed by atoms with Crippen molar-refractivity contribution in [1.82, 2.24) is 0 Å². The molecule has 3 unspecified atom stereocenters. The number of hydrogen-bond acceptors (Lipinski definition) is 8. The molecule has 152 valence electrons. The summed E-state index contributed by atoms with van der Waals surface area (Å²) in [6.07, 6.45) is -0.287. The van der Waals surface area contributed by atoms with Gasteiger partial charge in [-0.15, -0.1) is 0 Å². The maximum Gasteiger partial charge on any atom is 0.192 e. The van der Waals surface area contributed by atoms with E-state index in [0.29, 0.717) is 12.8 Å². The maximum atomic E-state index is 12.4. The van der Waals surface area contributed by atoms with Crippen molar-refractivity contribution in [2.45, 2.75) is 88.3 Å². The molecule has 11 heteroatoms. The molecular formula is C16H28B2O7PS-. The lowest BCUT2D eigenvalue weighted by Crippen LogP contribution is -2.31. The number of ether oxygens (including phenoxy) is 4. The van der Waals surface area contributed by atoms with Crippen LogP contribution in [-0.2, 0) is 28.0 Å². The minimum atomic E-state index is -4.19. The van der Waals surface area contributed by atoms with Crippen LogP contribution in [0.1, 0.15) is 40.5 Å². The van der Waals surface area contributed by atoms with Crippen molar-refractivity contribution >= 4 is 33.9 Å². The average molecular weight is 417 g/mol. The molecule has 0 aromatic carbocycles. The monoisotopic (exact) mass is 417 g/mol. The van der Waals surface area contributed by atoms with E-state index in [-0.39, 0.29) is 36.8 Å². The van der Waals surface area contributed by atoms with Gasteiger partial charge in [0.05, 0.1) is 37.6 Å². The van der Waals surface area contributed by atoms with Crippen LogP contribution in [0.4, 0.5) is 0 Å². The van der Waals surface area contributed by atoms with Crippen LogP contribution < -0.4 is 4.89 Å². The van der Waals surface area contributed by atoms with Gasteiger partial charge in [-0.25, -0.2) is 0 Å². The van der Waals surface area contributed by atoms with E-state index < -0.39 is 31.0 Å². The summed E-state index contributed by atoms with van der Waals surface area (Å²) in [6, 6.07) is -0.997. The summed E-state index contributed by atoms with van der Waals surface area (Å²) in [4.78, 5) is 12.4. The fourth-order valence-electron chi connectivity index (χ4n) is 3.04. The van der Waals surface area contributed by atoms with Gasteiger partial charge >= 0.3 is 0 Å². The van der Waals surface area contributed by atoms with Gasteiger partial charge in [-0.2, -0.15) is 0 Å². The van der Waals surface area contributed by atoms with Crippen LogP contribution in [0.5, 0.6) is 0 Å². The second kappa shape index (κ2) is 10.5. The zero-order valence-corrected chi connectivity index (χ0v) is 18.0. The molecule has 0 N–H and O–H groups in total. The largest absolute Gasteiger partial charge is 0.770 e. The number of hydrogen-bond donors (Lipinski definition) is 0. The first-order valence-corrected chi connectivity index (χ1v) is 12.3. The van der Waals surface area contributed by atoms with Crippen LogP contribution in [0.3, 0.4) is 0 Å². The molecule has 2 saturated heterocycles. The lowest BCUT2D eigenvalue weighted by molar-refractivity contribution is -0.193. The molecule has 2 heterocycles. The predicted octanol–water partition coefficient (Wildman–Crippen LogP) is 1.36. The van der Waals surface area contributed by atoms with Gasteiger partial charge in [-0.1, -0.05) is 11.4 Å². The van der Waals surface area contributed by atoms with Crippen molar-refractivity contribution in [3.8, 4) is 0 Å². The third-order valence-electron chi connectivity index (χ3n) is 4.16. The standard InChI is InChI=1S/C16H29B2O7PS/c1-9(2)21-7-13-14(6-16(18)25-13)27-26(19,20)22-8-12-11(23-10(3)4)5-15(17)24-12/h9-16H,5-8H2,1-4H3,(H,19,20)/p-1/t11?,12-,13-,14?,15-,16-/m1/s1. The molecule has 0 aromatic rings. The lowest BCUT2D eigenvalue weighted by atomic mass is 9.96. The molecule has 2 aliphatic heterocycles. The highest BCUT2D eigenvalue weighted by Crippen LogP contribution is 2.57. The Kier molecular flexibility index (Phi) is 9.22. The van der Waals surface area contributed by atoms with E-state index in [2.05, 4.69) is 0 Å². The molecule has 2 rings (SSSR count). The Balaban J connectivity index is 1.87. The Bertz CT molecular complexity index is 513. The molecule has 4 radical (unpaired) electrons. The second-order valence-electron chi connectivity index (χ2n) is 7.39. The van der Waals surface area contributed by atoms with Crippen LogP contribution in [0.15, 0.2) is 0 Å². The summed E-state index contributed by atoms with van der Waals surface area (Å²) in [5.74, 6) is 0. The highest BCUT2D eigenvalue weighted by molar-refractivity contribution is 8.54. The van der Waals surface area contributed by atoms with E-state index >= 15 is 0 Å². The Morgan fingerprint density at radius 2 is 1.70 bits per heavy atom. The van der Waals surface area contributed by atoms with E-state index in [4.69, 9.17) is 39.2 Å². The van der Waals surface area contributed by atoms with E-state index in [1.807, 2.05) is 27.7 Å². The molecule has 2 fully saturated rings. The Morgan fingerprint density at radius 1 is 1.07 bits per heavy atom. The van der Waals surface area contributed by atoms with E-state index in [9.17, 15) is 9.46 Å². The minimum Gasteiger partial charge on any atom is -0.770 e. The molecule has 7 atom stereocenters. The fourth-order valence-corrected chi connectivity index (χ4v) is 6.34. The molecular weight excluding hydrogens is 389 g/mol. The minimum absolute atomic E-state index is 0.0151. The first kappa shape index (κ1) is 23.7. The van der Waals surface area contributed by atoms with Crippen LogP contribution >= 0.6 is 18.2 Å². The summed E-state index contributed by atoms with van der Waals surface area (Å²) in [6.45, 7) is 3.58. The SMILES string of the molecule is [B][C@H]1CC(OC(C)C)[C@@H](COP(=O)([O-])SC2C[C@H]([B])O[C@@H]2COC(C)C)O1. The maximum absolute atomic E-state index is 12.4. The van der Waals surface area contributed by atoms with Crippen molar-refractivity contribution < 1.29 is 32.9 Å². The molecule has 0 bridgehead atoms. The quantitative estimate of drug-likeness (QED) is 0.389. The topological polar surface area (TPSA) is 86.3 Å². The van der Waals surface area contributed by atoms with Gasteiger partial charge in [0.25, 0.3) is 0 Å². The Morgan fingerprint density at radius 3 is 2.33 bits per heavy atom. The normalized spacial score (nSPS) is 36.6. The Labute approximate surface area is 168 Å². The molecule has 27 heavy (non-hydrogen) atoms. The zero-order chi connectivity index (χ0) is 20.2. The summed E-state index contributed by atoms with van der Waals surface area (Å²) >= 11 is 0.737. The van der Waals surface area contributed by atoms with Crippen LogP contribution in [0.25, 0.3) is 0 Å². The van der Waals surface area contributed by atoms with Gasteiger partial charge in [0.1, 0.15) is 21.8 Å². The van der Waals surface area contributed by atoms with Crippen LogP contribution in [0, 0.1) is 0 Å². The van der Waals surface area contributed by atoms with E-state index in [1.54, 1.807) is 0 Å². The van der Waals surface area contributed by atoms with Crippen molar-refractivity contribution in [2.24, 2.45) is 0 Å². The van der Waals surface area contributed by atoms with Gasteiger partial charge in [0, 0.05) is 17.3 Å². The fraction of sp³-hybridized carbons (Fsp3) is 1.00. The smallest absolute Gasteiger partial charge is 0.192 e. The third-order valence-corrected chi connectivity index (χ3v) is 7.55. The van der Waals surface area contributed by atoms with Gasteiger partial charge in [0.2, 0.25) is 0 Å². The molecule has 0 aromatic heterocycles. The highest BCUT2D eigenvalue weighted by atomic mass is 32.7. The average Bonchev–Trinajstić information content (AvgIpc) is 3.04.